The molecule has 1 aromatic heterocycles. The zero-order valence-electron chi connectivity index (χ0n) is 12.9. The van der Waals surface area contributed by atoms with Gasteiger partial charge in [0.05, 0.1) is 6.54 Å². The van der Waals surface area contributed by atoms with Crippen LogP contribution in [0.2, 0.25) is 0 Å². The minimum Gasteiger partial charge on any atom is -0.192 e. The molecular formula is C19H15N5. The largest absolute Gasteiger partial charge is 0.215 e. The Morgan fingerprint density at radius 1 is 1.00 bits per heavy atom. The van der Waals surface area contributed by atoms with Crippen molar-refractivity contribution in [3.05, 3.63) is 83.7 Å². The fourth-order valence-corrected chi connectivity index (χ4v) is 2.14. The Balaban J connectivity index is 1.72. The monoisotopic (exact) mass is 313 g/mol. The number of nitriles is 1. The molecule has 0 unspecified atom stereocenters. The Kier molecular flexibility index (Phi) is 4.91. The third-order valence-corrected chi connectivity index (χ3v) is 3.30. The molecule has 0 aliphatic rings. The molecule has 0 radical (unpaired) electrons. The number of hydrogen-bond donors (Lipinski definition) is 0. The van der Waals surface area contributed by atoms with Crippen LogP contribution in [0.25, 0.3) is 17.7 Å². The van der Waals surface area contributed by atoms with Gasteiger partial charge in [-0.25, -0.2) is 0 Å². The first kappa shape index (κ1) is 15.4. The molecule has 3 aromatic rings. The summed E-state index contributed by atoms with van der Waals surface area (Å²) in [6, 6.07) is 21.7. The van der Waals surface area contributed by atoms with Crippen LogP contribution in [-0.2, 0) is 6.54 Å². The maximum absolute atomic E-state index is 9.33. The van der Waals surface area contributed by atoms with E-state index in [0.29, 0.717) is 17.9 Å². The van der Waals surface area contributed by atoms with Crippen LogP contribution in [0, 0.1) is 11.3 Å². The van der Waals surface area contributed by atoms with Crippen molar-refractivity contribution >= 4 is 17.7 Å². The van der Waals surface area contributed by atoms with Crippen molar-refractivity contribution in [3.8, 4) is 6.07 Å². The molecule has 5 heteroatoms. The molecule has 5 nitrogen and oxygen atoms in total. The van der Waals surface area contributed by atoms with Gasteiger partial charge in [0.2, 0.25) is 5.82 Å². The lowest BCUT2D eigenvalue weighted by Gasteiger charge is -1.94. The van der Waals surface area contributed by atoms with Crippen LogP contribution < -0.4 is 0 Å². The second-order valence-electron chi connectivity index (χ2n) is 5.06. The Hall–Kier alpha value is -3.52. The van der Waals surface area contributed by atoms with E-state index in [-0.39, 0.29) is 0 Å². The van der Waals surface area contributed by atoms with Gasteiger partial charge in [0.1, 0.15) is 11.6 Å². The molecule has 0 N–H and O–H groups in total. The molecule has 0 spiro atoms. The first-order chi connectivity index (χ1) is 11.8. The third-order valence-electron chi connectivity index (χ3n) is 3.30. The molecule has 0 saturated heterocycles. The Labute approximate surface area is 140 Å². The van der Waals surface area contributed by atoms with Gasteiger partial charge in [-0.2, -0.15) is 10.1 Å². The van der Waals surface area contributed by atoms with Gasteiger partial charge in [0.25, 0.3) is 0 Å². The minimum absolute atomic E-state index is 0.328. The van der Waals surface area contributed by atoms with Crippen LogP contribution in [0.15, 0.2) is 66.7 Å². The highest BCUT2D eigenvalue weighted by Gasteiger charge is 2.08. The van der Waals surface area contributed by atoms with E-state index in [9.17, 15) is 5.26 Å². The smallest absolute Gasteiger partial charge is 0.192 e. The average molecular weight is 313 g/mol. The van der Waals surface area contributed by atoms with Crippen LogP contribution in [0.5, 0.6) is 0 Å². The second kappa shape index (κ2) is 7.65. The molecule has 0 bridgehead atoms. The number of tetrazole rings is 1. The number of aromatic nitrogens is 4. The van der Waals surface area contributed by atoms with Gasteiger partial charge in [-0.15, -0.1) is 10.2 Å². The van der Waals surface area contributed by atoms with Gasteiger partial charge < -0.3 is 0 Å². The van der Waals surface area contributed by atoms with E-state index >= 15 is 0 Å². The number of rotatable bonds is 5. The van der Waals surface area contributed by atoms with Crippen LogP contribution >= 0.6 is 0 Å². The highest BCUT2D eigenvalue weighted by atomic mass is 15.6. The maximum atomic E-state index is 9.33. The van der Waals surface area contributed by atoms with Gasteiger partial charge >= 0.3 is 0 Å². The van der Waals surface area contributed by atoms with E-state index in [4.69, 9.17) is 0 Å². The van der Waals surface area contributed by atoms with Crippen molar-refractivity contribution in [2.45, 2.75) is 6.54 Å². The van der Waals surface area contributed by atoms with E-state index in [0.717, 1.165) is 11.1 Å². The average Bonchev–Trinajstić information content (AvgIpc) is 3.10. The molecule has 0 fully saturated rings. The topological polar surface area (TPSA) is 67.4 Å². The third kappa shape index (κ3) is 4.02. The number of allylic oxidation sites excluding steroid dienone is 2. The van der Waals surface area contributed by atoms with Crippen LogP contribution in [0.3, 0.4) is 0 Å². The first-order valence-corrected chi connectivity index (χ1v) is 7.52. The van der Waals surface area contributed by atoms with E-state index in [1.165, 1.54) is 4.80 Å². The molecule has 0 aliphatic heterocycles. The lowest BCUT2D eigenvalue weighted by atomic mass is 10.1. The van der Waals surface area contributed by atoms with Crippen LogP contribution in [0.1, 0.15) is 17.0 Å². The molecule has 0 amide bonds. The molecule has 24 heavy (non-hydrogen) atoms. The van der Waals surface area contributed by atoms with Crippen molar-refractivity contribution < 1.29 is 0 Å². The van der Waals surface area contributed by atoms with Crippen molar-refractivity contribution in [3.63, 3.8) is 0 Å². The fourth-order valence-electron chi connectivity index (χ4n) is 2.14. The molecule has 0 aliphatic carbocycles. The van der Waals surface area contributed by atoms with Gasteiger partial charge in [-0.3, -0.25) is 0 Å². The molecular weight excluding hydrogens is 298 g/mol. The zero-order valence-corrected chi connectivity index (χ0v) is 12.9. The summed E-state index contributed by atoms with van der Waals surface area (Å²) in [4.78, 5) is 1.46. The molecule has 0 atom stereocenters. The van der Waals surface area contributed by atoms with Crippen LogP contribution in [-0.4, -0.2) is 20.2 Å². The van der Waals surface area contributed by atoms with E-state index < -0.39 is 0 Å². The van der Waals surface area contributed by atoms with Crippen molar-refractivity contribution in [2.75, 3.05) is 0 Å². The minimum atomic E-state index is 0.328. The maximum Gasteiger partial charge on any atom is 0.215 e. The van der Waals surface area contributed by atoms with E-state index in [1.807, 2.05) is 72.8 Å². The summed E-state index contributed by atoms with van der Waals surface area (Å²) < 4.78 is 0. The van der Waals surface area contributed by atoms with Gasteiger partial charge in [-0.05, 0) is 22.4 Å². The van der Waals surface area contributed by atoms with Crippen LogP contribution in [0.4, 0.5) is 0 Å². The highest BCUT2D eigenvalue weighted by Crippen LogP contribution is 2.13. The summed E-state index contributed by atoms with van der Waals surface area (Å²) in [5, 5.41) is 21.5. The summed E-state index contributed by atoms with van der Waals surface area (Å²) in [6.45, 7) is 0.492. The molecule has 1 heterocycles. The highest BCUT2D eigenvalue weighted by molar-refractivity contribution is 5.86. The number of benzene rings is 2. The van der Waals surface area contributed by atoms with Crippen molar-refractivity contribution in [1.29, 1.82) is 5.26 Å². The Bertz CT molecular complexity index is 886. The Morgan fingerprint density at radius 3 is 2.33 bits per heavy atom. The summed E-state index contributed by atoms with van der Waals surface area (Å²) >= 11 is 0. The number of hydrogen-bond acceptors (Lipinski definition) is 4. The van der Waals surface area contributed by atoms with Gasteiger partial charge in [0.15, 0.2) is 0 Å². The second-order valence-corrected chi connectivity index (χ2v) is 5.06. The molecule has 0 saturated carbocycles. The number of nitrogens with zero attached hydrogens (tertiary/aromatic N) is 5. The summed E-state index contributed by atoms with van der Waals surface area (Å²) in [6.07, 6.45) is 5.70. The van der Waals surface area contributed by atoms with Gasteiger partial charge in [-0.1, -0.05) is 72.8 Å². The molecule has 3 rings (SSSR count). The lowest BCUT2D eigenvalue weighted by Crippen LogP contribution is -2.00. The van der Waals surface area contributed by atoms with E-state index in [1.54, 1.807) is 6.08 Å². The van der Waals surface area contributed by atoms with Crippen molar-refractivity contribution in [2.24, 2.45) is 0 Å². The standard InChI is InChI=1S/C19H15N5/c20-15-18(14-17-10-5-2-6-11-17)19-21-23-24(22-19)13-7-12-16-8-3-1-4-9-16/h1-12,14H,13H2/b12-7+,18-14+. The summed E-state index contributed by atoms with van der Waals surface area (Å²) in [7, 11) is 0. The predicted molar refractivity (Wildman–Crippen MR) is 93.2 cm³/mol. The van der Waals surface area contributed by atoms with Gasteiger partial charge in [0, 0.05) is 0 Å². The fraction of sp³-hybridized carbons (Fsp3) is 0.0526. The van der Waals surface area contributed by atoms with E-state index in [2.05, 4.69) is 21.5 Å². The lowest BCUT2D eigenvalue weighted by molar-refractivity contribution is 0.583. The zero-order chi connectivity index (χ0) is 16.6. The quantitative estimate of drug-likeness (QED) is 0.677. The first-order valence-electron chi connectivity index (χ1n) is 7.52. The van der Waals surface area contributed by atoms with Crippen molar-refractivity contribution in [1.82, 2.24) is 20.2 Å². The SMILES string of the molecule is N#C/C(=C\c1ccccc1)c1nnn(C/C=C/c2ccccc2)n1. The Morgan fingerprint density at radius 2 is 1.67 bits per heavy atom. The molecule has 116 valence electrons. The summed E-state index contributed by atoms with van der Waals surface area (Å²) in [5.41, 5.74) is 2.42. The normalized spacial score (nSPS) is 11.5. The summed E-state index contributed by atoms with van der Waals surface area (Å²) in [5.74, 6) is 0.328. The predicted octanol–water partition coefficient (Wildman–Crippen LogP) is 3.45. The molecule has 2 aromatic carbocycles.